The van der Waals surface area contributed by atoms with E-state index in [4.69, 9.17) is 11.6 Å². The molecule has 0 bridgehead atoms. The number of hydrogen-bond donors (Lipinski definition) is 1. The topological polar surface area (TPSA) is 48.0 Å². The molecule has 3 aromatic rings. The van der Waals surface area contributed by atoms with Crippen molar-refractivity contribution in [1.29, 1.82) is 0 Å². The molecule has 1 fully saturated rings. The van der Waals surface area contributed by atoms with Gasteiger partial charge in [-0.2, -0.15) is 5.10 Å². The van der Waals surface area contributed by atoms with Gasteiger partial charge in [-0.1, -0.05) is 23.7 Å². The Bertz CT molecular complexity index is 852. The molecule has 0 radical (unpaired) electrons. The largest absolute Gasteiger partial charge is 0.304 e. The fourth-order valence-electron chi connectivity index (χ4n) is 3.37. The van der Waals surface area contributed by atoms with Gasteiger partial charge in [0.1, 0.15) is 5.69 Å². The summed E-state index contributed by atoms with van der Waals surface area (Å²) < 4.78 is 0. The van der Waals surface area contributed by atoms with Crippen LogP contribution < -0.4 is 0 Å². The number of nitrogens with one attached hydrogen (secondary N) is 1. The Kier molecular flexibility index (Phi) is 5.02. The minimum atomic E-state index is 0.729. The van der Waals surface area contributed by atoms with E-state index in [1.807, 2.05) is 48.8 Å². The number of H-pyrrole nitrogens is 1. The van der Waals surface area contributed by atoms with Gasteiger partial charge in [-0.15, -0.1) is 0 Å². The third-order valence-electron chi connectivity index (χ3n) is 4.91. The maximum absolute atomic E-state index is 6.05. The van der Waals surface area contributed by atoms with Crippen LogP contribution in [0, 0.1) is 0 Å². The number of benzene rings is 1. The minimum absolute atomic E-state index is 0.729. The second kappa shape index (κ2) is 7.58. The fourth-order valence-corrected chi connectivity index (χ4v) is 3.49. The van der Waals surface area contributed by atoms with Crippen LogP contribution in [-0.4, -0.2) is 58.2 Å². The molecule has 1 N–H and O–H groups in total. The Morgan fingerprint density at radius 1 is 0.962 bits per heavy atom. The first-order valence-electron chi connectivity index (χ1n) is 8.85. The lowest BCUT2D eigenvalue weighted by molar-refractivity contribution is 0.147. The summed E-state index contributed by atoms with van der Waals surface area (Å²) in [5, 5.41) is 8.66. The van der Waals surface area contributed by atoms with Gasteiger partial charge < -0.3 is 4.90 Å². The molecule has 3 heterocycles. The molecule has 0 unspecified atom stereocenters. The van der Waals surface area contributed by atoms with Gasteiger partial charge in [-0.05, 0) is 36.9 Å². The molecule has 1 aliphatic rings. The van der Waals surface area contributed by atoms with Gasteiger partial charge in [0.25, 0.3) is 0 Å². The molecule has 0 atom stereocenters. The molecule has 5 nitrogen and oxygen atoms in total. The molecule has 134 valence electrons. The van der Waals surface area contributed by atoms with Gasteiger partial charge in [0.2, 0.25) is 0 Å². The van der Waals surface area contributed by atoms with E-state index < -0.39 is 0 Å². The number of aromatic amines is 1. The maximum Gasteiger partial charge on any atom is 0.100 e. The van der Waals surface area contributed by atoms with Crippen LogP contribution in [0.2, 0.25) is 5.02 Å². The Morgan fingerprint density at radius 3 is 2.35 bits per heavy atom. The summed E-state index contributed by atoms with van der Waals surface area (Å²) in [6, 6.07) is 11.9. The van der Waals surface area contributed by atoms with E-state index >= 15 is 0 Å². The van der Waals surface area contributed by atoms with Crippen molar-refractivity contribution >= 4 is 11.6 Å². The number of rotatable bonds is 4. The van der Waals surface area contributed by atoms with Crippen LogP contribution in [0.3, 0.4) is 0 Å². The van der Waals surface area contributed by atoms with Crippen LogP contribution in [0.1, 0.15) is 5.69 Å². The zero-order chi connectivity index (χ0) is 17.9. The molecule has 1 aliphatic heterocycles. The Labute approximate surface area is 158 Å². The first-order valence-corrected chi connectivity index (χ1v) is 9.23. The molecule has 0 spiro atoms. The van der Waals surface area contributed by atoms with Crippen molar-refractivity contribution in [3.63, 3.8) is 0 Å². The Morgan fingerprint density at radius 2 is 1.65 bits per heavy atom. The molecule has 1 saturated heterocycles. The highest BCUT2D eigenvalue weighted by atomic mass is 35.5. The molecule has 6 heteroatoms. The summed E-state index contributed by atoms with van der Waals surface area (Å²) >= 11 is 6.05. The van der Waals surface area contributed by atoms with E-state index in [9.17, 15) is 0 Å². The summed E-state index contributed by atoms with van der Waals surface area (Å²) in [4.78, 5) is 9.00. The average molecular weight is 368 g/mol. The standard InChI is InChI=1S/C20H22ClN5/c1-25-10-12-26(13-11-25)14-18-19(15-6-8-22-9-7-15)20(24-23-18)16-2-4-17(21)5-3-16/h2-9H,10-14H2,1H3,(H,23,24). The highest BCUT2D eigenvalue weighted by molar-refractivity contribution is 6.30. The zero-order valence-corrected chi connectivity index (χ0v) is 15.6. The minimum Gasteiger partial charge on any atom is -0.304 e. The van der Waals surface area contributed by atoms with Crippen LogP contribution in [0.15, 0.2) is 48.8 Å². The van der Waals surface area contributed by atoms with Crippen LogP contribution in [0.4, 0.5) is 0 Å². The Balaban J connectivity index is 1.71. The number of halogens is 1. The predicted octanol–water partition coefficient (Wildman–Crippen LogP) is 3.54. The van der Waals surface area contributed by atoms with Crippen molar-refractivity contribution in [3.05, 3.63) is 59.5 Å². The summed E-state index contributed by atoms with van der Waals surface area (Å²) in [5.74, 6) is 0. The second-order valence-corrected chi connectivity index (χ2v) is 7.18. The SMILES string of the molecule is CN1CCN(Cc2[nH]nc(-c3ccc(Cl)cc3)c2-c2ccncc2)CC1. The van der Waals surface area contributed by atoms with E-state index in [1.165, 1.54) is 0 Å². The number of hydrogen-bond acceptors (Lipinski definition) is 4. The third-order valence-corrected chi connectivity index (χ3v) is 5.16. The quantitative estimate of drug-likeness (QED) is 0.766. The molecule has 0 aliphatic carbocycles. The van der Waals surface area contributed by atoms with Crippen LogP contribution >= 0.6 is 11.6 Å². The normalized spacial score (nSPS) is 16.1. The van der Waals surface area contributed by atoms with Gasteiger partial charge in [0.05, 0.1) is 5.69 Å². The second-order valence-electron chi connectivity index (χ2n) is 6.75. The average Bonchev–Trinajstić information content (AvgIpc) is 3.08. The molecular formula is C20H22ClN5. The summed E-state index contributed by atoms with van der Waals surface area (Å²) in [6.45, 7) is 5.21. The molecule has 0 amide bonds. The molecule has 26 heavy (non-hydrogen) atoms. The number of piperazine rings is 1. The number of likely N-dealkylation sites (N-methyl/N-ethyl adjacent to an activating group) is 1. The highest BCUT2D eigenvalue weighted by Crippen LogP contribution is 2.34. The van der Waals surface area contributed by atoms with Gasteiger partial charge in [0.15, 0.2) is 0 Å². The molecule has 1 aromatic carbocycles. The number of pyridine rings is 1. The maximum atomic E-state index is 6.05. The van der Waals surface area contributed by atoms with Crippen LogP contribution in [0.5, 0.6) is 0 Å². The molecule has 2 aromatic heterocycles. The first-order chi connectivity index (χ1) is 12.7. The van der Waals surface area contributed by atoms with Gasteiger partial charge in [-0.3, -0.25) is 15.0 Å². The first kappa shape index (κ1) is 17.2. The van der Waals surface area contributed by atoms with Crippen LogP contribution in [-0.2, 0) is 6.54 Å². The highest BCUT2D eigenvalue weighted by Gasteiger charge is 2.20. The van der Waals surface area contributed by atoms with E-state index in [0.717, 1.165) is 65.8 Å². The smallest absolute Gasteiger partial charge is 0.100 e. The third kappa shape index (κ3) is 3.65. The lowest BCUT2D eigenvalue weighted by Gasteiger charge is -2.32. The van der Waals surface area contributed by atoms with Gasteiger partial charge in [0, 0.05) is 61.3 Å². The van der Waals surface area contributed by atoms with E-state index in [0.29, 0.717) is 0 Å². The molecule has 0 saturated carbocycles. The Hall–Kier alpha value is -2.21. The number of nitrogens with zero attached hydrogens (tertiary/aromatic N) is 4. The molecular weight excluding hydrogens is 346 g/mol. The monoisotopic (exact) mass is 367 g/mol. The zero-order valence-electron chi connectivity index (χ0n) is 14.8. The van der Waals surface area contributed by atoms with Crippen molar-refractivity contribution in [2.45, 2.75) is 6.54 Å². The van der Waals surface area contributed by atoms with Gasteiger partial charge >= 0.3 is 0 Å². The van der Waals surface area contributed by atoms with E-state index in [1.54, 1.807) is 0 Å². The fraction of sp³-hybridized carbons (Fsp3) is 0.300. The van der Waals surface area contributed by atoms with Crippen LogP contribution in [0.25, 0.3) is 22.4 Å². The summed E-state index contributed by atoms with van der Waals surface area (Å²) in [6.07, 6.45) is 3.65. The van der Waals surface area contributed by atoms with E-state index in [2.05, 4.69) is 32.0 Å². The summed E-state index contributed by atoms with van der Waals surface area (Å²) in [5.41, 5.74) is 5.43. The van der Waals surface area contributed by atoms with Crippen molar-refractivity contribution in [1.82, 2.24) is 25.0 Å². The predicted molar refractivity (Wildman–Crippen MR) is 105 cm³/mol. The lowest BCUT2D eigenvalue weighted by Crippen LogP contribution is -2.44. The van der Waals surface area contributed by atoms with Crippen molar-refractivity contribution < 1.29 is 0 Å². The van der Waals surface area contributed by atoms with Crippen molar-refractivity contribution in [3.8, 4) is 22.4 Å². The lowest BCUT2D eigenvalue weighted by atomic mass is 9.99. The summed E-state index contributed by atoms with van der Waals surface area (Å²) in [7, 11) is 2.18. The number of aromatic nitrogens is 3. The van der Waals surface area contributed by atoms with Gasteiger partial charge in [-0.25, -0.2) is 0 Å². The molecule has 4 rings (SSSR count). The van der Waals surface area contributed by atoms with Crippen molar-refractivity contribution in [2.75, 3.05) is 33.2 Å². The van der Waals surface area contributed by atoms with Crippen molar-refractivity contribution in [2.24, 2.45) is 0 Å². The van der Waals surface area contributed by atoms with E-state index in [-0.39, 0.29) is 0 Å².